The molecule has 2 amide bonds. The number of ether oxygens (including phenoxy) is 2. The average molecular weight is 414 g/mol. The maximum absolute atomic E-state index is 12.9. The second-order valence-corrected chi connectivity index (χ2v) is 6.61. The molecule has 1 saturated heterocycles. The van der Waals surface area contributed by atoms with E-state index in [1.807, 2.05) is 13.8 Å². The van der Waals surface area contributed by atoms with Crippen LogP contribution in [-0.2, 0) is 4.79 Å². The minimum Gasteiger partial charge on any atom is -0.490 e. The van der Waals surface area contributed by atoms with Crippen LogP contribution in [0.1, 0.15) is 43.5 Å². The molecule has 1 heterocycles. The first-order chi connectivity index (χ1) is 13.1. The second kappa shape index (κ2) is 12.5. The number of likely N-dealkylation sites (tertiary alicyclic amines) is 1. The summed E-state index contributed by atoms with van der Waals surface area (Å²) < 4.78 is 11.3. The van der Waals surface area contributed by atoms with Gasteiger partial charge < -0.3 is 25.4 Å². The molecule has 1 aliphatic rings. The topological polar surface area (TPSA) is 93.9 Å². The quantitative estimate of drug-likeness (QED) is 0.647. The molecule has 1 aromatic carbocycles. The Balaban J connectivity index is 0.00000392. The maximum atomic E-state index is 12.9. The molecular formula is C20H32ClN3O4. The summed E-state index contributed by atoms with van der Waals surface area (Å²) >= 11 is 0. The van der Waals surface area contributed by atoms with E-state index >= 15 is 0 Å². The van der Waals surface area contributed by atoms with Crippen LogP contribution in [0.2, 0.25) is 0 Å². The maximum Gasteiger partial charge on any atom is 0.254 e. The summed E-state index contributed by atoms with van der Waals surface area (Å²) in [5, 5.41) is 2.82. The Morgan fingerprint density at radius 1 is 1.25 bits per heavy atom. The van der Waals surface area contributed by atoms with Crippen LogP contribution in [0.15, 0.2) is 18.2 Å². The molecule has 0 radical (unpaired) electrons. The van der Waals surface area contributed by atoms with Crippen LogP contribution in [0.25, 0.3) is 0 Å². The summed E-state index contributed by atoms with van der Waals surface area (Å²) in [6.07, 6.45) is 2.49. The number of nitrogens with two attached hydrogens (primary N) is 1. The lowest BCUT2D eigenvalue weighted by Gasteiger charge is -2.32. The molecule has 3 N–H and O–H groups in total. The number of halogens is 1. The minimum atomic E-state index is -0.187. The van der Waals surface area contributed by atoms with E-state index in [1.54, 1.807) is 23.1 Å². The van der Waals surface area contributed by atoms with Gasteiger partial charge in [-0.15, -0.1) is 12.4 Å². The van der Waals surface area contributed by atoms with Crippen molar-refractivity contribution < 1.29 is 19.1 Å². The Morgan fingerprint density at radius 2 is 2.04 bits per heavy atom. The van der Waals surface area contributed by atoms with E-state index < -0.39 is 0 Å². The van der Waals surface area contributed by atoms with Crippen molar-refractivity contribution in [1.82, 2.24) is 10.2 Å². The van der Waals surface area contributed by atoms with Gasteiger partial charge in [0.25, 0.3) is 5.91 Å². The fourth-order valence-electron chi connectivity index (χ4n) is 3.14. The molecule has 7 nitrogen and oxygen atoms in total. The molecule has 1 unspecified atom stereocenters. The van der Waals surface area contributed by atoms with Crippen LogP contribution in [0.4, 0.5) is 0 Å². The Morgan fingerprint density at radius 3 is 2.71 bits per heavy atom. The van der Waals surface area contributed by atoms with Crippen LogP contribution < -0.4 is 20.5 Å². The van der Waals surface area contributed by atoms with Gasteiger partial charge in [0.05, 0.1) is 19.1 Å². The lowest BCUT2D eigenvalue weighted by Crippen LogP contribution is -2.46. The summed E-state index contributed by atoms with van der Waals surface area (Å²) in [6, 6.07) is 5.27. The highest BCUT2D eigenvalue weighted by Crippen LogP contribution is 2.30. The van der Waals surface area contributed by atoms with Crippen molar-refractivity contribution in [2.75, 3.05) is 39.4 Å². The van der Waals surface area contributed by atoms with Crippen molar-refractivity contribution >= 4 is 24.2 Å². The zero-order valence-corrected chi connectivity index (χ0v) is 17.6. The van der Waals surface area contributed by atoms with Gasteiger partial charge in [0, 0.05) is 31.7 Å². The smallest absolute Gasteiger partial charge is 0.254 e. The molecule has 1 aliphatic heterocycles. The average Bonchev–Trinajstić information content (AvgIpc) is 2.70. The second-order valence-electron chi connectivity index (χ2n) is 6.61. The molecule has 0 bridgehead atoms. The molecule has 1 fully saturated rings. The highest BCUT2D eigenvalue weighted by Gasteiger charge is 2.29. The Hall–Kier alpha value is -1.99. The van der Waals surface area contributed by atoms with Crippen molar-refractivity contribution in [2.45, 2.75) is 33.1 Å². The number of rotatable bonds is 9. The highest BCUT2D eigenvalue weighted by atomic mass is 35.5. The van der Waals surface area contributed by atoms with Gasteiger partial charge in [-0.1, -0.05) is 6.92 Å². The third-order valence-electron chi connectivity index (χ3n) is 4.48. The van der Waals surface area contributed by atoms with Crippen LogP contribution in [0.5, 0.6) is 11.5 Å². The largest absolute Gasteiger partial charge is 0.490 e. The van der Waals surface area contributed by atoms with Gasteiger partial charge >= 0.3 is 0 Å². The van der Waals surface area contributed by atoms with E-state index in [0.717, 1.165) is 19.3 Å². The van der Waals surface area contributed by atoms with Crippen LogP contribution in [-0.4, -0.2) is 56.1 Å². The predicted molar refractivity (Wildman–Crippen MR) is 111 cm³/mol. The number of nitrogens with zero attached hydrogens (tertiary/aromatic N) is 1. The summed E-state index contributed by atoms with van der Waals surface area (Å²) in [4.78, 5) is 26.9. The van der Waals surface area contributed by atoms with E-state index in [0.29, 0.717) is 56.5 Å². The van der Waals surface area contributed by atoms with Crippen molar-refractivity contribution in [3.05, 3.63) is 23.8 Å². The van der Waals surface area contributed by atoms with E-state index in [2.05, 4.69) is 5.32 Å². The molecule has 0 aliphatic carbocycles. The van der Waals surface area contributed by atoms with E-state index in [-0.39, 0.29) is 30.1 Å². The zero-order chi connectivity index (χ0) is 19.6. The summed E-state index contributed by atoms with van der Waals surface area (Å²) in [5.74, 6) is 0.914. The first kappa shape index (κ1) is 24.0. The van der Waals surface area contributed by atoms with E-state index in [4.69, 9.17) is 15.2 Å². The molecule has 0 aromatic heterocycles. The number of hydrogen-bond acceptors (Lipinski definition) is 5. The molecular weight excluding hydrogens is 382 g/mol. The van der Waals surface area contributed by atoms with Crippen LogP contribution in [0, 0.1) is 5.92 Å². The normalized spacial score (nSPS) is 16.1. The number of nitrogens with one attached hydrogen (secondary N) is 1. The minimum absolute atomic E-state index is 0. The fraction of sp³-hybridized carbons (Fsp3) is 0.600. The van der Waals surface area contributed by atoms with Crippen LogP contribution in [0.3, 0.4) is 0 Å². The third kappa shape index (κ3) is 6.56. The summed E-state index contributed by atoms with van der Waals surface area (Å²) in [5.41, 5.74) is 5.98. The molecule has 2 rings (SSSR count). The molecule has 1 aromatic rings. The molecule has 8 heteroatoms. The Kier molecular flexibility index (Phi) is 10.7. The number of carbonyl (C=O) groups is 2. The van der Waals surface area contributed by atoms with Gasteiger partial charge in [-0.2, -0.15) is 0 Å². The van der Waals surface area contributed by atoms with Gasteiger partial charge in [-0.3, -0.25) is 9.59 Å². The number of amides is 2. The SMILES string of the molecule is CCCOc1ccc(C(=O)N2CCCC(C(=O)NCCN)C2)cc1OCC.Cl. The van der Waals surface area contributed by atoms with Gasteiger partial charge in [0.2, 0.25) is 5.91 Å². The first-order valence-corrected chi connectivity index (χ1v) is 9.77. The van der Waals surface area contributed by atoms with Crippen molar-refractivity contribution in [2.24, 2.45) is 11.7 Å². The van der Waals surface area contributed by atoms with Gasteiger partial charge in [0.1, 0.15) is 0 Å². The summed E-state index contributed by atoms with van der Waals surface area (Å²) in [6.45, 7) is 6.97. The third-order valence-corrected chi connectivity index (χ3v) is 4.48. The number of benzene rings is 1. The molecule has 158 valence electrons. The first-order valence-electron chi connectivity index (χ1n) is 9.77. The number of carbonyl (C=O) groups excluding carboxylic acids is 2. The molecule has 1 atom stereocenters. The zero-order valence-electron chi connectivity index (χ0n) is 16.7. The number of piperidine rings is 1. The lowest BCUT2D eigenvalue weighted by molar-refractivity contribution is -0.126. The van der Waals surface area contributed by atoms with Crippen molar-refractivity contribution in [1.29, 1.82) is 0 Å². The van der Waals surface area contributed by atoms with E-state index in [1.165, 1.54) is 0 Å². The Bertz CT molecular complexity index is 642. The summed E-state index contributed by atoms with van der Waals surface area (Å²) in [7, 11) is 0. The Labute approximate surface area is 173 Å². The van der Waals surface area contributed by atoms with E-state index in [9.17, 15) is 9.59 Å². The molecule has 28 heavy (non-hydrogen) atoms. The van der Waals surface area contributed by atoms with Gasteiger partial charge in [-0.25, -0.2) is 0 Å². The van der Waals surface area contributed by atoms with Gasteiger partial charge in [-0.05, 0) is 44.4 Å². The molecule has 0 spiro atoms. The predicted octanol–water partition coefficient (Wildman–Crippen LogP) is 2.22. The standard InChI is InChI=1S/C20H31N3O4.ClH/c1-3-12-27-17-8-7-15(13-18(17)26-4-2)20(25)23-11-5-6-16(14-23)19(24)22-10-9-21;/h7-8,13,16H,3-6,9-12,14,21H2,1-2H3,(H,22,24);1H. The van der Waals surface area contributed by atoms with Crippen molar-refractivity contribution in [3.63, 3.8) is 0 Å². The van der Waals surface area contributed by atoms with Crippen molar-refractivity contribution in [3.8, 4) is 11.5 Å². The lowest BCUT2D eigenvalue weighted by atomic mass is 9.96. The van der Waals surface area contributed by atoms with Crippen LogP contribution >= 0.6 is 12.4 Å². The highest BCUT2D eigenvalue weighted by molar-refractivity contribution is 5.95. The molecule has 0 saturated carbocycles. The monoisotopic (exact) mass is 413 g/mol. The fourth-order valence-corrected chi connectivity index (χ4v) is 3.14. The number of hydrogen-bond donors (Lipinski definition) is 2. The van der Waals surface area contributed by atoms with Gasteiger partial charge in [0.15, 0.2) is 11.5 Å².